The molecule has 0 amide bonds. The molecule has 2 atom stereocenters. The van der Waals surface area contributed by atoms with Gasteiger partial charge in [0.25, 0.3) is 0 Å². The van der Waals surface area contributed by atoms with Crippen molar-refractivity contribution in [2.24, 2.45) is 0 Å². The molecule has 2 aromatic carbocycles. The molecule has 136 valence electrons. The van der Waals surface area contributed by atoms with Crippen LogP contribution in [0.15, 0.2) is 60.7 Å². The third-order valence-corrected chi connectivity index (χ3v) is 4.63. The Morgan fingerprint density at radius 2 is 1.72 bits per heavy atom. The Kier molecular flexibility index (Phi) is 7.91. The van der Waals surface area contributed by atoms with Gasteiger partial charge in [-0.25, -0.2) is 0 Å². The van der Waals surface area contributed by atoms with Gasteiger partial charge in [-0.2, -0.15) is 0 Å². The molecule has 3 rings (SSSR count). The molecule has 3 nitrogen and oxygen atoms in total. The van der Waals surface area contributed by atoms with E-state index in [9.17, 15) is 0 Å². The van der Waals surface area contributed by atoms with Crippen LogP contribution < -0.4 is 5.32 Å². The summed E-state index contributed by atoms with van der Waals surface area (Å²) in [4.78, 5) is 0. The molecular formula is C21H28ClNO2. The average Bonchev–Trinajstić information content (AvgIpc) is 2.67. The zero-order valence-corrected chi connectivity index (χ0v) is 15.6. The van der Waals surface area contributed by atoms with Gasteiger partial charge in [-0.05, 0) is 24.9 Å². The molecule has 4 heteroatoms. The molecule has 0 saturated carbocycles. The first-order chi connectivity index (χ1) is 11.8. The van der Waals surface area contributed by atoms with Gasteiger partial charge in [0, 0.05) is 18.5 Å². The van der Waals surface area contributed by atoms with E-state index < -0.39 is 5.79 Å². The van der Waals surface area contributed by atoms with E-state index in [-0.39, 0.29) is 18.5 Å². The SMILES string of the molecule is CC[C@@]1(c2ccccc2)OCC[C@@H](CCNCc2ccccc2)O1.Cl. The minimum Gasteiger partial charge on any atom is -0.346 e. The Labute approximate surface area is 157 Å². The number of nitrogens with one attached hydrogen (secondary N) is 1. The molecule has 0 aromatic heterocycles. The second-order valence-corrected chi connectivity index (χ2v) is 6.30. The fraction of sp³-hybridized carbons (Fsp3) is 0.429. The van der Waals surface area contributed by atoms with Gasteiger partial charge in [0.1, 0.15) is 0 Å². The maximum absolute atomic E-state index is 6.40. The van der Waals surface area contributed by atoms with Crippen molar-refractivity contribution in [2.75, 3.05) is 13.2 Å². The van der Waals surface area contributed by atoms with Gasteiger partial charge in [-0.3, -0.25) is 0 Å². The molecule has 0 spiro atoms. The van der Waals surface area contributed by atoms with Gasteiger partial charge >= 0.3 is 0 Å². The van der Waals surface area contributed by atoms with Crippen molar-refractivity contribution < 1.29 is 9.47 Å². The summed E-state index contributed by atoms with van der Waals surface area (Å²) < 4.78 is 12.5. The third-order valence-electron chi connectivity index (χ3n) is 4.63. The van der Waals surface area contributed by atoms with Crippen molar-refractivity contribution >= 4 is 12.4 Å². The average molecular weight is 362 g/mol. The number of benzene rings is 2. The highest BCUT2D eigenvalue weighted by Gasteiger charge is 2.38. The van der Waals surface area contributed by atoms with E-state index in [0.717, 1.165) is 44.5 Å². The van der Waals surface area contributed by atoms with E-state index in [2.05, 4.69) is 48.6 Å². The van der Waals surface area contributed by atoms with Gasteiger partial charge in [0.05, 0.1) is 12.7 Å². The lowest BCUT2D eigenvalue weighted by Gasteiger charge is -2.41. The lowest BCUT2D eigenvalue weighted by atomic mass is 10.0. The van der Waals surface area contributed by atoms with Crippen molar-refractivity contribution in [3.05, 3.63) is 71.8 Å². The normalized spacial score (nSPS) is 23.0. The number of hydrogen-bond acceptors (Lipinski definition) is 3. The van der Waals surface area contributed by atoms with Crippen LogP contribution in [-0.4, -0.2) is 19.3 Å². The number of hydrogen-bond donors (Lipinski definition) is 1. The third kappa shape index (κ3) is 5.29. The van der Waals surface area contributed by atoms with Crippen LogP contribution in [0.1, 0.15) is 37.3 Å². The van der Waals surface area contributed by atoms with Gasteiger partial charge in [-0.1, -0.05) is 67.6 Å². The molecule has 1 N–H and O–H groups in total. The Balaban J connectivity index is 0.00000225. The second-order valence-electron chi connectivity index (χ2n) is 6.30. The molecule has 0 radical (unpaired) electrons. The van der Waals surface area contributed by atoms with Gasteiger partial charge < -0.3 is 14.8 Å². The van der Waals surface area contributed by atoms with Crippen LogP contribution in [0.4, 0.5) is 0 Å². The topological polar surface area (TPSA) is 30.5 Å². The quantitative estimate of drug-likeness (QED) is 0.728. The predicted octanol–water partition coefficient (Wildman–Crippen LogP) is 4.66. The number of ether oxygens (including phenoxy) is 2. The summed E-state index contributed by atoms with van der Waals surface area (Å²) in [6.07, 6.45) is 3.03. The minimum atomic E-state index is -0.580. The Bertz CT molecular complexity index is 608. The van der Waals surface area contributed by atoms with E-state index >= 15 is 0 Å². The number of rotatable bonds is 7. The van der Waals surface area contributed by atoms with Crippen LogP contribution in [0, 0.1) is 0 Å². The largest absolute Gasteiger partial charge is 0.346 e. The van der Waals surface area contributed by atoms with Gasteiger partial charge in [-0.15, -0.1) is 12.4 Å². The van der Waals surface area contributed by atoms with Crippen molar-refractivity contribution in [3.8, 4) is 0 Å². The molecule has 1 aliphatic heterocycles. The summed E-state index contributed by atoms with van der Waals surface area (Å²) in [7, 11) is 0. The maximum atomic E-state index is 6.40. The summed E-state index contributed by atoms with van der Waals surface area (Å²) in [6.45, 7) is 4.74. The summed E-state index contributed by atoms with van der Waals surface area (Å²) in [5.74, 6) is -0.580. The highest BCUT2D eigenvalue weighted by atomic mass is 35.5. The van der Waals surface area contributed by atoms with Crippen molar-refractivity contribution in [1.82, 2.24) is 5.32 Å². The van der Waals surface area contributed by atoms with E-state index in [0.29, 0.717) is 0 Å². The fourth-order valence-electron chi connectivity index (χ4n) is 3.25. The highest BCUT2D eigenvalue weighted by molar-refractivity contribution is 5.85. The summed E-state index contributed by atoms with van der Waals surface area (Å²) in [5, 5.41) is 3.51. The molecule has 1 fully saturated rings. The van der Waals surface area contributed by atoms with Crippen LogP contribution >= 0.6 is 12.4 Å². The molecule has 0 bridgehead atoms. The van der Waals surface area contributed by atoms with Crippen molar-refractivity contribution in [1.29, 1.82) is 0 Å². The van der Waals surface area contributed by atoms with Crippen LogP contribution in [0.3, 0.4) is 0 Å². The lowest BCUT2D eigenvalue weighted by Crippen LogP contribution is -2.42. The van der Waals surface area contributed by atoms with Crippen LogP contribution in [-0.2, 0) is 21.8 Å². The smallest absolute Gasteiger partial charge is 0.194 e. The molecule has 1 heterocycles. The van der Waals surface area contributed by atoms with E-state index in [1.54, 1.807) is 0 Å². The molecule has 25 heavy (non-hydrogen) atoms. The van der Waals surface area contributed by atoms with Crippen LogP contribution in [0.2, 0.25) is 0 Å². The van der Waals surface area contributed by atoms with Crippen LogP contribution in [0.25, 0.3) is 0 Å². The molecule has 0 unspecified atom stereocenters. The molecule has 1 saturated heterocycles. The van der Waals surface area contributed by atoms with Crippen molar-refractivity contribution in [3.63, 3.8) is 0 Å². The molecule has 0 aliphatic carbocycles. The summed E-state index contributed by atoms with van der Waals surface area (Å²) in [5.41, 5.74) is 2.44. The molecule has 1 aliphatic rings. The van der Waals surface area contributed by atoms with E-state index in [4.69, 9.17) is 9.47 Å². The molecule has 2 aromatic rings. The van der Waals surface area contributed by atoms with Gasteiger partial charge in [0.15, 0.2) is 5.79 Å². The molecular weight excluding hydrogens is 334 g/mol. The zero-order valence-electron chi connectivity index (χ0n) is 14.8. The van der Waals surface area contributed by atoms with Crippen LogP contribution in [0.5, 0.6) is 0 Å². The van der Waals surface area contributed by atoms with Gasteiger partial charge in [0.2, 0.25) is 0 Å². The fourth-order valence-corrected chi connectivity index (χ4v) is 3.25. The lowest BCUT2D eigenvalue weighted by molar-refractivity contribution is -0.305. The maximum Gasteiger partial charge on any atom is 0.194 e. The first-order valence-corrected chi connectivity index (χ1v) is 8.94. The standard InChI is InChI=1S/C21H27NO2.ClH/c1-2-21(19-11-7-4-8-12-19)23-16-14-20(24-21)13-15-22-17-18-9-5-3-6-10-18;/h3-12,20,22H,2,13-17H2,1H3;1H/t20-,21-;/m1./s1. The Morgan fingerprint density at radius 3 is 2.40 bits per heavy atom. The summed E-state index contributed by atoms with van der Waals surface area (Å²) >= 11 is 0. The monoisotopic (exact) mass is 361 g/mol. The summed E-state index contributed by atoms with van der Waals surface area (Å²) in [6, 6.07) is 20.8. The zero-order chi connectivity index (χ0) is 16.7. The first kappa shape index (κ1) is 19.9. The van der Waals surface area contributed by atoms with E-state index in [1.807, 2.05) is 24.3 Å². The Hall–Kier alpha value is -1.39. The predicted molar refractivity (Wildman–Crippen MR) is 104 cm³/mol. The second kappa shape index (κ2) is 9.93. The highest BCUT2D eigenvalue weighted by Crippen LogP contribution is 2.36. The minimum absolute atomic E-state index is 0. The van der Waals surface area contributed by atoms with Crippen molar-refractivity contribution in [2.45, 2.75) is 44.6 Å². The first-order valence-electron chi connectivity index (χ1n) is 8.94. The van der Waals surface area contributed by atoms with E-state index in [1.165, 1.54) is 5.56 Å². The number of halogens is 1. The Morgan fingerprint density at radius 1 is 1.04 bits per heavy atom.